The van der Waals surface area contributed by atoms with Crippen molar-refractivity contribution >= 4 is 15.9 Å². The van der Waals surface area contributed by atoms with Gasteiger partial charge < -0.3 is 9.80 Å². The zero-order valence-electron chi connectivity index (χ0n) is 7.13. The van der Waals surface area contributed by atoms with Crippen LogP contribution in [0.5, 0.6) is 0 Å². The number of halogens is 1. The number of hydrogen-bond acceptors (Lipinski definition) is 2. The zero-order chi connectivity index (χ0) is 8.27. The third-order valence-corrected chi connectivity index (χ3v) is 2.77. The van der Waals surface area contributed by atoms with Crippen LogP contribution in [0.15, 0.2) is 12.4 Å². The van der Waals surface area contributed by atoms with Gasteiger partial charge in [-0.3, -0.25) is 0 Å². The van der Waals surface area contributed by atoms with Crippen LogP contribution in [0.3, 0.4) is 0 Å². The van der Waals surface area contributed by atoms with Crippen molar-refractivity contribution in [3.63, 3.8) is 0 Å². The van der Waals surface area contributed by atoms with E-state index < -0.39 is 0 Å². The van der Waals surface area contributed by atoms with E-state index in [0.29, 0.717) is 4.95 Å². The molecule has 1 unspecified atom stereocenters. The molecule has 11 heavy (non-hydrogen) atoms. The van der Waals surface area contributed by atoms with E-state index in [4.69, 9.17) is 0 Å². The van der Waals surface area contributed by atoms with Gasteiger partial charge >= 0.3 is 0 Å². The maximum Gasteiger partial charge on any atom is 0.0901 e. The maximum atomic E-state index is 3.64. The quantitative estimate of drug-likeness (QED) is 0.530. The van der Waals surface area contributed by atoms with Gasteiger partial charge in [0.15, 0.2) is 0 Å². The second-order valence-corrected chi connectivity index (χ2v) is 3.99. The lowest BCUT2D eigenvalue weighted by atomic mass is 10.3. The average Bonchev–Trinajstić information content (AvgIpc) is 2.36. The first-order chi connectivity index (χ1) is 5.24. The molecule has 0 radical (unpaired) electrons. The topological polar surface area (TPSA) is 6.48 Å². The Hall–Kier alpha value is -0.180. The fraction of sp³-hybridized carbons (Fsp3) is 0.750. The van der Waals surface area contributed by atoms with E-state index in [-0.39, 0.29) is 0 Å². The van der Waals surface area contributed by atoms with E-state index in [0.717, 1.165) is 6.67 Å². The molecule has 1 atom stereocenters. The van der Waals surface area contributed by atoms with Crippen LogP contribution < -0.4 is 0 Å². The molecular formula is C8H15BrN2. The first-order valence-electron chi connectivity index (χ1n) is 4.02. The third-order valence-electron chi connectivity index (χ3n) is 1.79. The summed E-state index contributed by atoms with van der Waals surface area (Å²) in [6.07, 6.45) is 6.67. The normalized spacial score (nSPS) is 19.5. The Labute approximate surface area is 77.0 Å². The van der Waals surface area contributed by atoms with Crippen LogP contribution in [0.4, 0.5) is 0 Å². The average molecular weight is 219 g/mol. The Morgan fingerprint density at radius 1 is 1.55 bits per heavy atom. The molecule has 1 aliphatic heterocycles. The van der Waals surface area contributed by atoms with Crippen molar-refractivity contribution in [1.82, 2.24) is 9.80 Å². The number of nitrogens with zero attached hydrogens (tertiary/aromatic N) is 2. The van der Waals surface area contributed by atoms with Crippen molar-refractivity contribution in [2.24, 2.45) is 0 Å². The Bertz CT molecular complexity index is 147. The fourth-order valence-electron chi connectivity index (χ4n) is 1.14. The summed E-state index contributed by atoms with van der Waals surface area (Å²) in [6, 6.07) is 0. The summed E-state index contributed by atoms with van der Waals surface area (Å²) in [6.45, 7) is 3.22. The molecule has 0 saturated carbocycles. The van der Waals surface area contributed by atoms with Gasteiger partial charge in [0.2, 0.25) is 0 Å². The van der Waals surface area contributed by atoms with E-state index in [9.17, 15) is 0 Å². The molecular weight excluding hydrogens is 204 g/mol. The van der Waals surface area contributed by atoms with Crippen molar-refractivity contribution < 1.29 is 0 Å². The van der Waals surface area contributed by atoms with Gasteiger partial charge in [-0.15, -0.1) is 0 Å². The fourth-order valence-corrected chi connectivity index (χ4v) is 1.86. The Morgan fingerprint density at radius 2 is 2.27 bits per heavy atom. The van der Waals surface area contributed by atoms with Crippen LogP contribution in [-0.2, 0) is 0 Å². The summed E-state index contributed by atoms with van der Waals surface area (Å²) in [4.78, 5) is 4.97. The molecule has 0 amide bonds. The minimum atomic E-state index is 0.508. The van der Waals surface area contributed by atoms with Crippen LogP contribution in [0.2, 0.25) is 0 Å². The summed E-state index contributed by atoms with van der Waals surface area (Å²) in [7, 11) is 2.09. The molecule has 3 heteroatoms. The number of hydrogen-bond donors (Lipinski definition) is 0. The van der Waals surface area contributed by atoms with Gasteiger partial charge in [-0.2, -0.15) is 0 Å². The Balaban J connectivity index is 2.32. The molecule has 0 aromatic carbocycles. The van der Waals surface area contributed by atoms with Gasteiger partial charge in [-0.1, -0.05) is 29.3 Å². The monoisotopic (exact) mass is 218 g/mol. The molecule has 64 valence electrons. The highest BCUT2D eigenvalue weighted by Crippen LogP contribution is 2.17. The van der Waals surface area contributed by atoms with Gasteiger partial charge in [-0.25, -0.2) is 0 Å². The highest BCUT2D eigenvalue weighted by molar-refractivity contribution is 9.09. The van der Waals surface area contributed by atoms with Gasteiger partial charge in [0.1, 0.15) is 0 Å². The van der Waals surface area contributed by atoms with Crippen molar-refractivity contribution in [3.8, 4) is 0 Å². The number of rotatable bonds is 3. The van der Waals surface area contributed by atoms with Crippen LogP contribution in [0.25, 0.3) is 0 Å². The summed E-state index contributed by atoms with van der Waals surface area (Å²) in [5.74, 6) is 0. The largest absolute Gasteiger partial charge is 0.362 e. The van der Waals surface area contributed by atoms with Gasteiger partial charge in [0.05, 0.1) is 11.6 Å². The molecule has 1 aliphatic rings. The van der Waals surface area contributed by atoms with Gasteiger partial charge in [0.25, 0.3) is 0 Å². The molecule has 0 bridgehead atoms. The summed E-state index contributed by atoms with van der Waals surface area (Å²) < 4.78 is 0. The molecule has 0 N–H and O–H groups in total. The summed E-state index contributed by atoms with van der Waals surface area (Å²) in [5.41, 5.74) is 0. The molecule has 1 rings (SSSR count). The predicted octanol–water partition coefficient (Wildman–Crippen LogP) is 2.18. The first kappa shape index (κ1) is 8.91. The molecule has 0 aromatic rings. The Morgan fingerprint density at radius 3 is 2.73 bits per heavy atom. The van der Waals surface area contributed by atoms with Crippen molar-refractivity contribution in [3.05, 3.63) is 12.4 Å². The number of alkyl halides is 1. The maximum absolute atomic E-state index is 3.64. The first-order valence-corrected chi connectivity index (χ1v) is 4.94. The van der Waals surface area contributed by atoms with E-state index in [1.54, 1.807) is 0 Å². The van der Waals surface area contributed by atoms with Gasteiger partial charge in [-0.05, 0) is 6.42 Å². The van der Waals surface area contributed by atoms with E-state index >= 15 is 0 Å². The lowest BCUT2D eigenvalue weighted by molar-refractivity contribution is 0.278. The molecule has 2 nitrogen and oxygen atoms in total. The van der Waals surface area contributed by atoms with Crippen molar-refractivity contribution in [2.45, 2.75) is 24.7 Å². The SMILES string of the molecule is CCCC(Br)N1C=CN(C)C1. The van der Waals surface area contributed by atoms with E-state index in [1.165, 1.54) is 12.8 Å². The molecule has 0 saturated heterocycles. The zero-order valence-corrected chi connectivity index (χ0v) is 8.71. The van der Waals surface area contributed by atoms with Crippen LogP contribution in [-0.4, -0.2) is 28.5 Å². The smallest absolute Gasteiger partial charge is 0.0901 e. The van der Waals surface area contributed by atoms with Crippen molar-refractivity contribution in [2.75, 3.05) is 13.7 Å². The highest BCUT2D eigenvalue weighted by atomic mass is 79.9. The standard InChI is InChI=1S/C8H15BrN2/c1-3-4-8(9)11-6-5-10(2)7-11/h5-6,8H,3-4,7H2,1-2H3. The second-order valence-electron chi connectivity index (χ2n) is 2.93. The van der Waals surface area contributed by atoms with Gasteiger partial charge in [0, 0.05) is 19.4 Å². The lowest BCUT2D eigenvalue weighted by Gasteiger charge is -2.23. The summed E-state index contributed by atoms with van der Waals surface area (Å²) >= 11 is 3.64. The lowest BCUT2D eigenvalue weighted by Crippen LogP contribution is -2.28. The highest BCUT2D eigenvalue weighted by Gasteiger charge is 2.15. The summed E-state index contributed by atoms with van der Waals surface area (Å²) in [5, 5.41) is 0. The third kappa shape index (κ3) is 2.40. The minimum Gasteiger partial charge on any atom is -0.362 e. The molecule has 0 aromatic heterocycles. The molecule has 0 aliphatic carbocycles. The Kier molecular flexibility index (Phi) is 3.24. The minimum absolute atomic E-state index is 0.508. The molecule has 0 spiro atoms. The van der Waals surface area contributed by atoms with Crippen LogP contribution >= 0.6 is 15.9 Å². The second kappa shape index (κ2) is 4.00. The van der Waals surface area contributed by atoms with E-state index in [2.05, 4.69) is 52.1 Å². The molecule has 0 fully saturated rings. The van der Waals surface area contributed by atoms with E-state index in [1.807, 2.05) is 0 Å². The van der Waals surface area contributed by atoms with Crippen LogP contribution in [0.1, 0.15) is 19.8 Å². The van der Waals surface area contributed by atoms with Crippen LogP contribution in [0, 0.1) is 0 Å². The van der Waals surface area contributed by atoms with Crippen molar-refractivity contribution in [1.29, 1.82) is 0 Å². The molecule has 1 heterocycles. The predicted molar refractivity (Wildman–Crippen MR) is 51.2 cm³/mol.